The highest BCUT2D eigenvalue weighted by Crippen LogP contribution is 2.36. The minimum atomic E-state index is -2.26. The number of rotatable bonds is 37. The molecule has 0 aliphatic carbocycles. The van der Waals surface area contributed by atoms with E-state index in [1.165, 1.54) is 38.0 Å². The number of nitrogen functional groups attached to an aromatic ring is 1. The number of carbonyl (C=O) groups excluding carboxylic acids is 8. The van der Waals surface area contributed by atoms with Crippen LogP contribution in [0.3, 0.4) is 0 Å². The Bertz CT molecular complexity index is 3780. The van der Waals surface area contributed by atoms with Gasteiger partial charge in [-0.3, -0.25) is 33.6 Å². The number of thiazole rings is 2. The van der Waals surface area contributed by atoms with E-state index < -0.39 is 250 Å². The lowest BCUT2D eigenvalue weighted by atomic mass is 9.97. The number of nitrogens with zero attached hydrogens (tertiary/aromatic N) is 6. The van der Waals surface area contributed by atoms with Gasteiger partial charge in [-0.1, -0.05) is 6.42 Å². The number of aliphatic hydroxyl groups is 11. The normalized spacial score (nSPS) is 28.5. The lowest BCUT2D eigenvalue weighted by Gasteiger charge is -2.47. The van der Waals surface area contributed by atoms with Crippen LogP contribution in [-0.2, 0) is 57.1 Å². The summed E-state index contributed by atoms with van der Waals surface area (Å²) in [5, 5.41) is 141. The van der Waals surface area contributed by atoms with Crippen molar-refractivity contribution in [1.29, 1.82) is 0 Å². The zero-order valence-corrected chi connectivity index (χ0v) is 62.4. The summed E-state index contributed by atoms with van der Waals surface area (Å²) >= 11 is 1.94. The first-order chi connectivity index (χ1) is 52.5. The fraction of sp³-hybridized carbons (Fsp3) is 0.672. The van der Waals surface area contributed by atoms with Gasteiger partial charge in [0.15, 0.2) is 37.3 Å². The first kappa shape index (κ1) is 88.6. The number of ether oxygens (including phenoxy) is 7. The van der Waals surface area contributed by atoms with Crippen LogP contribution >= 0.6 is 22.7 Å². The van der Waals surface area contributed by atoms with E-state index in [4.69, 9.17) is 67.6 Å². The van der Waals surface area contributed by atoms with Gasteiger partial charge in [0.05, 0.1) is 80.3 Å². The number of nitrogens with two attached hydrogens (primary N) is 6. The maximum absolute atomic E-state index is 15.3. The predicted octanol–water partition coefficient (Wildman–Crippen LogP) is -9.33. The summed E-state index contributed by atoms with van der Waals surface area (Å²) in [6.07, 6.45) is -33.6. The molecule has 8 rings (SSSR count). The second-order valence-electron chi connectivity index (χ2n) is 27.2. The summed E-state index contributed by atoms with van der Waals surface area (Å²) in [5.74, 6) is -8.23. The molecule has 0 radical (unpaired) electrons. The number of aliphatic hydroxyl groups excluding tert-OH is 11. The average Bonchev–Trinajstić information content (AvgIpc) is 1.18. The summed E-state index contributed by atoms with van der Waals surface area (Å²) in [7, 11) is 0. The molecule has 0 saturated carbocycles. The average molecular weight is 1610 g/mol. The van der Waals surface area contributed by atoms with Crippen molar-refractivity contribution in [3.63, 3.8) is 0 Å². The minimum Gasteiger partial charge on any atom is -0.441 e. The van der Waals surface area contributed by atoms with Gasteiger partial charge in [-0.2, -0.15) is 0 Å². The molecule has 8 heterocycles. The van der Waals surface area contributed by atoms with Gasteiger partial charge >= 0.3 is 6.09 Å². The Morgan fingerprint density at radius 2 is 1.45 bits per heavy atom. The van der Waals surface area contributed by atoms with E-state index in [0.717, 1.165) is 74.5 Å². The van der Waals surface area contributed by atoms with Crippen LogP contribution in [0.4, 0.5) is 10.6 Å². The van der Waals surface area contributed by atoms with E-state index in [9.17, 15) is 84.9 Å². The van der Waals surface area contributed by atoms with Gasteiger partial charge in [0.2, 0.25) is 29.5 Å². The highest BCUT2D eigenvalue weighted by atomic mass is 32.1. The molecule has 4 aromatic rings. The second kappa shape index (κ2) is 40.2. The fourth-order valence-electron chi connectivity index (χ4n) is 12.4. The molecular formula is C64H99N19O26S2. The Morgan fingerprint density at radius 1 is 0.757 bits per heavy atom. The number of aromatic nitrogens is 6. The first-order valence-electron chi connectivity index (χ1n) is 35.3. The third kappa shape index (κ3) is 22.7. The van der Waals surface area contributed by atoms with Crippen LogP contribution in [-0.4, -0.2) is 319 Å². The van der Waals surface area contributed by atoms with Crippen LogP contribution < -0.4 is 66.3 Å². The molecule has 26 unspecified atom stereocenters. The monoisotopic (exact) mass is 1610 g/mol. The van der Waals surface area contributed by atoms with Gasteiger partial charge in [0.25, 0.3) is 11.8 Å². The molecule has 4 saturated heterocycles. The van der Waals surface area contributed by atoms with E-state index in [-0.39, 0.29) is 32.7 Å². The van der Waals surface area contributed by atoms with Gasteiger partial charge < -0.3 is 166 Å². The second-order valence-corrected chi connectivity index (χ2v) is 29.0. The lowest BCUT2D eigenvalue weighted by molar-refractivity contribution is -0.372. The van der Waals surface area contributed by atoms with Gasteiger partial charge in [0, 0.05) is 48.4 Å². The van der Waals surface area contributed by atoms with E-state index in [1.807, 2.05) is 0 Å². The number of anilines is 1. The molecule has 4 aromatic heterocycles. The van der Waals surface area contributed by atoms with E-state index in [2.05, 4.69) is 73.6 Å². The van der Waals surface area contributed by atoms with E-state index >= 15 is 9.59 Å². The lowest BCUT2D eigenvalue weighted by Crippen LogP contribution is -2.65. The zero-order valence-electron chi connectivity index (χ0n) is 60.8. The first-order valence-corrected chi connectivity index (χ1v) is 37.1. The summed E-state index contributed by atoms with van der Waals surface area (Å²) < 4.78 is 40.5. The molecule has 618 valence electrons. The molecule has 4 fully saturated rings. The molecule has 111 heavy (non-hydrogen) atoms. The quantitative estimate of drug-likeness (QED) is 0.0147. The van der Waals surface area contributed by atoms with Crippen molar-refractivity contribution in [2.45, 2.75) is 232 Å². The van der Waals surface area contributed by atoms with E-state index in [0.29, 0.717) is 12.6 Å². The van der Waals surface area contributed by atoms with Crippen LogP contribution in [0.2, 0.25) is 0 Å². The number of hydrogen-bond acceptors (Lipinski definition) is 38. The predicted molar refractivity (Wildman–Crippen MR) is 381 cm³/mol. The summed E-state index contributed by atoms with van der Waals surface area (Å²) in [6.45, 7) is 6.90. The van der Waals surface area contributed by atoms with Crippen LogP contribution in [0.25, 0.3) is 10.7 Å². The third-order valence-electron chi connectivity index (χ3n) is 19.0. The number of nitrogens with one attached hydrogen (secondary N) is 7. The highest BCUT2D eigenvalue weighted by molar-refractivity contribution is 7.14. The van der Waals surface area contributed by atoms with Gasteiger partial charge in [-0.15, -0.1) is 22.7 Å². The Hall–Kier alpha value is -7.93. The maximum Gasteiger partial charge on any atom is 0.404 e. The molecule has 4 aliphatic rings. The number of piperidine rings is 1. The molecular weight excluding hydrogens is 1510 g/mol. The Morgan fingerprint density at radius 3 is 2.10 bits per heavy atom. The molecule has 4 aliphatic heterocycles. The third-order valence-corrected chi connectivity index (χ3v) is 20.8. The van der Waals surface area contributed by atoms with Crippen molar-refractivity contribution in [2.24, 2.45) is 28.7 Å². The standard InChI is InChI=1S/C64H99N19O26S2/c1-22-9-6-7-11-83(22)12-8-10-72-54(98)30-19-110-59(76-30)31-20-111-60(77-31)47(96)58(109-61-45(94)43(92)37(67)26(5)103-61)82-56(100)39(25(4)86)78-36(89)14-32(87)24(3)75-57(101)40(80-55(99)38-23(2)51(68)81-53(79-38)28(13-35(66)88)73-15-27(65)52(69)97)48(29-16-71-21-74-29)106-63-50(44(93)41(90)33(17-84)105-63)107-62-46(95)49(108-64(70)102)42(91)34(18-85)104-62/h16,19-22,24-28,32-34,37,39-50,58,61-63,73,84-87,90-96H,6-15,17-18,65,67H2,1-5H3,(H2,66,88)(H2,69,97)(H2,70,102)(H,71,74)(H,72,98)(H,75,101)(H,78,89)(H,80,99)(H,82,100)(H2,68,79,81). The van der Waals surface area contributed by atoms with Crippen LogP contribution in [0.5, 0.6) is 0 Å². The van der Waals surface area contributed by atoms with Crippen molar-refractivity contribution in [1.82, 2.24) is 66.7 Å². The Labute approximate surface area is 641 Å². The largest absolute Gasteiger partial charge is 0.441 e. The number of primary amides is 3. The molecule has 45 nitrogen and oxygen atoms in total. The van der Waals surface area contributed by atoms with Gasteiger partial charge in [-0.05, 0) is 60.4 Å². The number of hydrogen-bond donors (Lipinski definition) is 24. The summed E-state index contributed by atoms with van der Waals surface area (Å²) in [5.41, 5.74) is 33.6. The zero-order chi connectivity index (χ0) is 81.6. The number of amides is 8. The SMILES string of the molecule is Cc1c(N)nc(C(CC(N)=O)NCC(N)C(N)=O)nc1C(=O)NC(C(=O)NC(C)C(O)CC(=O)NC(C(=O)NC(OC1OC(C)C(N)C(O)C1O)C(O)c1nc(-c2nc(C(=O)NCCCN3CCCCC3C)cs2)cs1)C(C)O)C(OC1OC(CO)C(O)C(O)C1OC1OC(CO)C(O)C(OC(N)=O)C1O)c1cnc[nH]1. The summed E-state index contributed by atoms with van der Waals surface area (Å²) in [6, 6.07) is -9.19. The maximum atomic E-state index is 15.3. The van der Waals surface area contributed by atoms with Crippen molar-refractivity contribution in [3.8, 4) is 10.7 Å². The van der Waals surface area contributed by atoms with Crippen molar-refractivity contribution in [3.05, 3.63) is 56.8 Å². The highest BCUT2D eigenvalue weighted by Gasteiger charge is 2.54. The van der Waals surface area contributed by atoms with Gasteiger partial charge in [0.1, 0.15) is 112 Å². The summed E-state index contributed by atoms with van der Waals surface area (Å²) in [4.78, 5) is 135. The Kier molecular flexibility index (Phi) is 32.1. The Balaban J connectivity index is 1.05. The number of H-pyrrole nitrogens is 1. The van der Waals surface area contributed by atoms with Crippen molar-refractivity contribution >= 4 is 75.9 Å². The van der Waals surface area contributed by atoms with E-state index in [1.54, 1.807) is 0 Å². The number of carbonyl (C=O) groups is 8. The van der Waals surface area contributed by atoms with Crippen LogP contribution in [0, 0.1) is 6.92 Å². The molecule has 0 spiro atoms. The molecule has 30 N–H and O–H groups in total. The number of imidazole rings is 1. The van der Waals surface area contributed by atoms with Gasteiger partial charge in [-0.25, -0.2) is 29.7 Å². The molecule has 0 bridgehead atoms. The number of likely N-dealkylation sites (tertiary alicyclic amines) is 1. The van der Waals surface area contributed by atoms with Crippen molar-refractivity contribution in [2.75, 3.05) is 45.1 Å². The molecule has 8 amide bonds. The fourth-order valence-corrected chi connectivity index (χ4v) is 14.0. The van der Waals surface area contributed by atoms with Crippen molar-refractivity contribution < 1.29 is 128 Å². The molecule has 26 atom stereocenters. The molecule has 0 aromatic carbocycles. The molecule has 47 heteroatoms. The number of aromatic amines is 1. The van der Waals surface area contributed by atoms with Crippen LogP contribution in [0.1, 0.15) is 128 Å². The minimum absolute atomic E-state index is 0.106. The van der Waals surface area contributed by atoms with Crippen LogP contribution in [0.15, 0.2) is 23.3 Å². The smallest absolute Gasteiger partial charge is 0.404 e. The topological polar surface area (TPSA) is 735 Å².